The highest BCUT2D eigenvalue weighted by Crippen LogP contribution is 2.19. The number of hydrogen-bond donors (Lipinski definition) is 2. The molecule has 0 radical (unpaired) electrons. The average Bonchev–Trinajstić information content (AvgIpc) is 2.76. The Morgan fingerprint density at radius 1 is 1.24 bits per heavy atom. The van der Waals surface area contributed by atoms with E-state index < -0.39 is 0 Å². The molecule has 2 atom stereocenters. The number of rotatable bonds is 6. The third-order valence-electron chi connectivity index (χ3n) is 3.28. The van der Waals surface area contributed by atoms with Gasteiger partial charge in [0.1, 0.15) is 0 Å². The van der Waals surface area contributed by atoms with Crippen molar-refractivity contribution in [2.45, 2.75) is 24.7 Å². The first-order valence-corrected chi connectivity index (χ1v) is 7.52. The number of hydrogen-bond acceptors (Lipinski definition) is 3. The van der Waals surface area contributed by atoms with Gasteiger partial charge in [0.25, 0.3) is 0 Å². The van der Waals surface area contributed by atoms with Gasteiger partial charge in [-0.15, -0.1) is 0 Å². The SMILES string of the molecule is O[C@H]1CNCC1CCCSCc1ccccc1. The Hall–Kier alpha value is -0.510. The molecule has 17 heavy (non-hydrogen) atoms. The quantitative estimate of drug-likeness (QED) is 0.761. The summed E-state index contributed by atoms with van der Waals surface area (Å²) in [6, 6.07) is 10.6. The first-order valence-electron chi connectivity index (χ1n) is 6.36. The summed E-state index contributed by atoms with van der Waals surface area (Å²) in [6.45, 7) is 1.77. The van der Waals surface area contributed by atoms with E-state index in [0.29, 0.717) is 5.92 Å². The predicted octanol–water partition coefficient (Wildman–Crippen LogP) is 2.28. The van der Waals surface area contributed by atoms with Crippen LogP contribution < -0.4 is 5.32 Å². The van der Waals surface area contributed by atoms with Gasteiger partial charge in [0, 0.05) is 18.8 Å². The number of β-amino-alcohol motifs (C(OH)–C–C–N with tert-alkyl or cyclic N) is 1. The van der Waals surface area contributed by atoms with E-state index in [9.17, 15) is 5.11 Å². The van der Waals surface area contributed by atoms with E-state index in [-0.39, 0.29) is 6.10 Å². The Kier molecular flexibility index (Phi) is 5.36. The molecular formula is C14H21NOS. The molecule has 0 bridgehead atoms. The van der Waals surface area contributed by atoms with E-state index in [0.717, 1.165) is 25.3 Å². The Balaban J connectivity index is 1.55. The van der Waals surface area contributed by atoms with Crippen LogP contribution in [0.2, 0.25) is 0 Å². The minimum Gasteiger partial charge on any atom is -0.391 e. The zero-order valence-electron chi connectivity index (χ0n) is 10.1. The van der Waals surface area contributed by atoms with Crippen LogP contribution in [0.3, 0.4) is 0 Å². The van der Waals surface area contributed by atoms with E-state index in [1.54, 1.807) is 0 Å². The molecule has 1 saturated heterocycles. The fourth-order valence-electron chi connectivity index (χ4n) is 2.23. The third kappa shape index (κ3) is 4.34. The summed E-state index contributed by atoms with van der Waals surface area (Å²) in [7, 11) is 0. The molecule has 0 amide bonds. The van der Waals surface area contributed by atoms with Crippen LogP contribution in [0, 0.1) is 5.92 Å². The first-order chi connectivity index (χ1) is 8.36. The largest absolute Gasteiger partial charge is 0.391 e. The summed E-state index contributed by atoms with van der Waals surface area (Å²) in [5.41, 5.74) is 1.40. The van der Waals surface area contributed by atoms with Crippen molar-refractivity contribution < 1.29 is 5.11 Å². The molecule has 1 heterocycles. The van der Waals surface area contributed by atoms with E-state index in [1.165, 1.54) is 17.7 Å². The second kappa shape index (κ2) is 7.04. The molecule has 2 nitrogen and oxygen atoms in total. The first kappa shape index (κ1) is 12.9. The van der Waals surface area contributed by atoms with Gasteiger partial charge in [-0.25, -0.2) is 0 Å². The van der Waals surface area contributed by atoms with Crippen molar-refractivity contribution in [3.05, 3.63) is 35.9 Å². The summed E-state index contributed by atoms with van der Waals surface area (Å²) in [6.07, 6.45) is 2.24. The van der Waals surface area contributed by atoms with Crippen molar-refractivity contribution in [1.82, 2.24) is 5.32 Å². The van der Waals surface area contributed by atoms with Gasteiger partial charge in [-0.3, -0.25) is 0 Å². The summed E-state index contributed by atoms with van der Waals surface area (Å²) in [5, 5.41) is 12.9. The van der Waals surface area contributed by atoms with Gasteiger partial charge in [-0.2, -0.15) is 11.8 Å². The molecule has 1 aliphatic heterocycles. The van der Waals surface area contributed by atoms with E-state index in [4.69, 9.17) is 0 Å². The van der Waals surface area contributed by atoms with Gasteiger partial charge in [0.05, 0.1) is 6.10 Å². The molecule has 3 heteroatoms. The second-order valence-corrected chi connectivity index (χ2v) is 5.77. The predicted molar refractivity (Wildman–Crippen MR) is 74.2 cm³/mol. The zero-order valence-corrected chi connectivity index (χ0v) is 11.0. The number of benzene rings is 1. The molecule has 0 aliphatic carbocycles. The molecule has 2 rings (SSSR count). The molecule has 0 spiro atoms. The summed E-state index contributed by atoms with van der Waals surface area (Å²) >= 11 is 1.99. The fourth-order valence-corrected chi connectivity index (χ4v) is 3.17. The van der Waals surface area contributed by atoms with Crippen LogP contribution in [0.25, 0.3) is 0 Å². The summed E-state index contributed by atoms with van der Waals surface area (Å²) < 4.78 is 0. The van der Waals surface area contributed by atoms with Gasteiger partial charge in [0.15, 0.2) is 0 Å². The Morgan fingerprint density at radius 2 is 2.06 bits per heavy atom. The van der Waals surface area contributed by atoms with Crippen LogP contribution in [0.4, 0.5) is 0 Å². The normalized spacial score (nSPS) is 24.1. The maximum atomic E-state index is 9.65. The van der Waals surface area contributed by atoms with Gasteiger partial charge in [-0.1, -0.05) is 30.3 Å². The zero-order chi connectivity index (χ0) is 11.9. The van der Waals surface area contributed by atoms with Crippen LogP contribution in [-0.2, 0) is 5.75 Å². The highest BCUT2D eigenvalue weighted by molar-refractivity contribution is 7.98. The lowest BCUT2D eigenvalue weighted by Gasteiger charge is -2.12. The highest BCUT2D eigenvalue weighted by Gasteiger charge is 2.23. The lowest BCUT2D eigenvalue weighted by Crippen LogP contribution is -2.17. The van der Waals surface area contributed by atoms with Crippen molar-refractivity contribution >= 4 is 11.8 Å². The minimum atomic E-state index is -0.117. The molecule has 1 aromatic rings. The van der Waals surface area contributed by atoms with Crippen molar-refractivity contribution in [3.8, 4) is 0 Å². The molecule has 1 unspecified atom stereocenters. The number of thioether (sulfide) groups is 1. The Morgan fingerprint density at radius 3 is 2.76 bits per heavy atom. The molecule has 1 fully saturated rings. The number of nitrogens with one attached hydrogen (secondary N) is 1. The lowest BCUT2D eigenvalue weighted by atomic mass is 10.0. The van der Waals surface area contributed by atoms with Crippen LogP contribution in [0.5, 0.6) is 0 Å². The number of aliphatic hydroxyl groups excluding tert-OH is 1. The molecule has 0 saturated carbocycles. The average molecular weight is 251 g/mol. The topological polar surface area (TPSA) is 32.3 Å². The Bertz CT molecular complexity index is 317. The molecular weight excluding hydrogens is 230 g/mol. The van der Waals surface area contributed by atoms with Crippen LogP contribution in [0.1, 0.15) is 18.4 Å². The van der Waals surface area contributed by atoms with Gasteiger partial charge >= 0.3 is 0 Å². The maximum Gasteiger partial charge on any atom is 0.0704 e. The molecule has 2 N–H and O–H groups in total. The molecule has 94 valence electrons. The fraction of sp³-hybridized carbons (Fsp3) is 0.571. The van der Waals surface area contributed by atoms with Gasteiger partial charge in [-0.05, 0) is 30.1 Å². The van der Waals surface area contributed by atoms with E-state index in [1.807, 2.05) is 11.8 Å². The monoisotopic (exact) mass is 251 g/mol. The van der Waals surface area contributed by atoms with E-state index >= 15 is 0 Å². The lowest BCUT2D eigenvalue weighted by molar-refractivity contribution is 0.142. The molecule has 1 aromatic carbocycles. The van der Waals surface area contributed by atoms with E-state index in [2.05, 4.69) is 35.6 Å². The van der Waals surface area contributed by atoms with Crippen molar-refractivity contribution in [2.75, 3.05) is 18.8 Å². The molecule has 0 aromatic heterocycles. The van der Waals surface area contributed by atoms with Crippen LogP contribution in [0.15, 0.2) is 30.3 Å². The minimum absolute atomic E-state index is 0.117. The van der Waals surface area contributed by atoms with Crippen molar-refractivity contribution in [3.63, 3.8) is 0 Å². The molecule has 1 aliphatic rings. The summed E-state index contributed by atoms with van der Waals surface area (Å²) in [5.74, 6) is 2.78. The third-order valence-corrected chi connectivity index (χ3v) is 4.39. The Labute approximate surface area is 108 Å². The highest BCUT2D eigenvalue weighted by atomic mass is 32.2. The van der Waals surface area contributed by atoms with Crippen LogP contribution >= 0.6 is 11.8 Å². The maximum absolute atomic E-state index is 9.65. The van der Waals surface area contributed by atoms with Crippen molar-refractivity contribution in [2.24, 2.45) is 5.92 Å². The smallest absolute Gasteiger partial charge is 0.0704 e. The summed E-state index contributed by atoms with van der Waals surface area (Å²) in [4.78, 5) is 0. The standard InChI is InChI=1S/C14H21NOS/c16-14-10-15-9-13(14)7-4-8-17-11-12-5-2-1-3-6-12/h1-3,5-6,13-16H,4,7-11H2/t13?,14-/m0/s1. The van der Waals surface area contributed by atoms with Gasteiger partial charge in [0.2, 0.25) is 0 Å². The van der Waals surface area contributed by atoms with Crippen LogP contribution in [-0.4, -0.2) is 30.1 Å². The van der Waals surface area contributed by atoms with Crippen molar-refractivity contribution in [1.29, 1.82) is 0 Å². The number of aliphatic hydroxyl groups is 1. The van der Waals surface area contributed by atoms with Gasteiger partial charge < -0.3 is 10.4 Å². The second-order valence-electron chi connectivity index (χ2n) is 4.67.